The maximum absolute atomic E-state index is 12.8. The molecule has 4 nitrogen and oxygen atoms in total. The molecule has 3 aromatic carbocycles. The molecule has 0 unspecified atom stereocenters. The molecule has 3 aromatic rings. The monoisotopic (exact) mass is 420 g/mol. The Morgan fingerprint density at radius 2 is 1.47 bits per heavy atom. The molecule has 0 aliphatic heterocycles. The Morgan fingerprint density at radius 3 is 2.10 bits per heavy atom. The molecule has 1 atom stereocenters. The van der Waals surface area contributed by atoms with E-state index in [0.29, 0.717) is 16.5 Å². The predicted molar refractivity (Wildman–Crippen MR) is 122 cm³/mol. The molecule has 0 bridgehead atoms. The van der Waals surface area contributed by atoms with Crippen molar-refractivity contribution in [1.82, 2.24) is 5.32 Å². The smallest absolute Gasteiger partial charge is 0.253 e. The number of hydrogen-bond acceptors (Lipinski definition) is 2. The molecule has 5 heteroatoms. The number of carbonyl (C=O) groups excluding carboxylic acids is 2. The lowest BCUT2D eigenvalue weighted by Gasteiger charge is -2.19. The molecule has 0 fully saturated rings. The normalized spacial score (nSPS) is 11.7. The van der Waals surface area contributed by atoms with Gasteiger partial charge < -0.3 is 10.6 Å². The lowest BCUT2D eigenvalue weighted by atomic mass is 10.0. The molecule has 0 spiro atoms. The van der Waals surface area contributed by atoms with Gasteiger partial charge in [-0.15, -0.1) is 0 Å². The van der Waals surface area contributed by atoms with Crippen LogP contribution in [0.15, 0.2) is 78.9 Å². The van der Waals surface area contributed by atoms with Gasteiger partial charge in [0, 0.05) is 5.69 Å². The largest absolute Gasteiger partial charge is 0.345 e. The van der Waals surface area contributed by atoms with Gasteiger partial charge in [-0.25, -0.2) is 0 Å². The third kappa shape index (κ3) is 5.71. The Hall–Kier alpha value is -3.11. The van der Waals surface area contributed by atoms with E-state index in [9.17, 15) is 9.59 Å². The molecular weight excluding hydrogens is 396 g/mol. The van der Waals surface area contributed by atoms with Crippen LogP contribution in [0.4, 0.5) is 5.69 Å². The van der Waals surface area contributed by atoms with E-state index in [1.165, 1.54) is 5.56 Å². The lowest BCUT2D eigenvalue weighted by Crippen LogP contribution is -2.31. The van der Waals surface area contributed by atoms with Gasteiger partial charge in [0.25, 0.3) is 5.91 Å². The van der Waals surface area contributed by atoms with Gasteiger partial charge in [0.05, 0.1) is 23.0 Å². The zero-order valence-electron chi connectivity index (χ0n) is 17.1. The van der Waals surface area contributed by atoms with Crippen LogP contribution in [0.25, 0.3) is 0 Å². The van der Waals surface area contributed by atoms with Gasteiger partial charge in [0.2, 0.25) is 5.91 Å². The quantitative estimate of drug-likeness (QED) is 0.495. The van der Waals surface area contributed by atoms with Crippen molar-refractivity contribution >= 4 is 29.1 Å². The highest BCUT2D eigenvalue weighted by atomic mass is 35.5. The number of nitrogens with one attached hydrogen (secondary N) is 2. The van der Waals surface area contributed by atoms with E-state index in [2.05, 4.69) is 24.5 Å². The molecule has 0 aliphatic rings. The fourth-order valence-corrected chi connectivity index (χ4v) is 3.39. The summed E-state index contributed by atoms with van der Waals surface area (Å²) in [5.74, 6) is -0.0682. The summed E-state index contributed by atoms with van der Waals surface area (Å²) in [5.41, 5.74) is 3.17. The Kier molecular flexibility index (Phi) is 7.26. The number of carbonyl (C=O) groups is 2. The molecule has 0 radical (unpaired) electrons. The van der Waals surface area contributed by atoms with Crippen LogP contribution < -0.4 is 10.6 Å². The molecule has 0 aromatic heterocycles. The molecule has 0 saturated heterocycles. The third-order valence-electron chi connectivity index (χ3n) is 4.88. The first-order valence-corrected chi connectivity index (χ1v) is 10.3. The van der Waals surface area contributed by atoms with Crippen LogP contribution in [0.2, 0.25) is 5.02 Å². The third-order valence-corrected chi connectivity index (χ3v) is 5.21. The van der Waals surface area contributed by atoms with Gasteiger partial charge in [-0.05, 0) is 41.3 Å². The maximum atomic E-state index is 12.8. The average molecular weight is 421 g/mol. The standard InChI is InChI=1S/C25H25ClN2O2/c1-17(2)18-12-14-20(15-13-18)27-24(29)16-23(19-8-4-3-5-9-19)28-25(30)21-10-6-7-11-22(21)26/h3-15,17,23H,16H2,1-2H3,(H,27,29)(H,28,30)/t23-/m1/s1. The summed E-state index contributed by atoms with van der Waals surface area (Å²) in [7, 11) is 0. The van der Waals surface area contributed by atoms with Crippen molar-refractivity contribution in [2.75, 3.05) is 5.32 Å². The van der Waals surface area contributed by atoms with Crippen LogP contribution in [0.3, 0.4) is 0 Å². The van der Waals surface area contributed by atoms with Crippen LogP contribution in [-0.4, -0.2) is 11.8 Å². The van der Waals surface area contributed by atoms with Crippen LogP contribution in [0, 0.1) is 0 Å². The summed E-state index contributed by atoms with van der Waals surface area (Å²) < 4.78 is 0. The van der Waals surface area contributed by atoms with Crippen LogP contribution in [0.5, 0.6) is 0 Å². The van der Waals surface area contributed by atoms with Crippen molar-refractivity contribution < 1.29 is 9.59 Å². The molecule has 2 amide bonds. The number of rotatable bonds is 7. The minimum atomic E-state index is -0.482. The molecule has 0 aliphatic carbocycles. The van der Waals surface area contributed by atoms with Crippen molar-refractivity contribution in [1.29, 1.82) is 0 Å². The lowest BCUT2D eigenvalue weighted by molar-refractivity contribution is -0.116. The minimum Gasteiger partial charge on any atom is -0.345 e. The van der Waals surface area contributed by atoms with Crippen LogP contribution >= 0.6 is 11.6 Å². The molecule has 0 heterocycles. The van der Waals surface area contributed by atoms with Crippen molar-refractivity contribution in [2.45, 2.75) is 32.2 Å². The minimum absolute atomic E-state index is 0.103. The van der Waals surface area contributed by atoms with E-state index in [1.807, 2.05) is 54.6 Å². The van der Waals surface area contributed by atoms with Gasteiger partial charge in [-0.3, -0.25) is 9.59 Å². The Labute approximate surface area is 182 Å². The van der Waals surface area contributed by atoms with Gasteiger partial charge in [0.15, 0.2) is 0 Å². The number of halogens is 1. The molecular formula is C25H25ClN2O2. The van der Waals surface area contributed by atoms with Crippen molar-refractivity contribution in [2.24, 2.45) is 0 Å². The van der Waals surface area contributed by atoms with Crippen molar-refractivity contribution in [3.8, 4) is 0 Å². The Morgan fingerprint density at radius 1 is 0.833 bits per heavy atom. The van der Waals surface area contributed by atoms with E-state index in [-0.39, 0.29) is 18.2 Å². The van der Waals surface area contributed by atoms with Gasteiger partial charge >= 0.3 is 0 Å². The SMILES string of the molecule is CC(C)c1ccc(NC(=O)C[C@@H](NC(=O)c2ccccc2Cl)c2ccccc2)cc1. The van der Waals surface area contributed by atoms with E-state index >= 15 is 0 Å². The molecule has 3 rings (SSSR count). The second-order valence-corrected chi connectivity index (χ2v) is 7.85. The molecule has 2 N–H and O–H groups in total. The maximum Gasteiger partial charge on any atom is 0.253 e. The fourth-order valence-electron chi connectivity index (χ4n) is 3.17. The summed E-state index contributed by atoms with van der Waals surface area (Å²) in [6.07, 6.45) is 0.103. The number of anilines is 1. The second kappa shape index (κ2) is 10.1. The van der Waals surface area contributed by atoms with Crippen LogP contribution in [-0.2, 0) is 4.79 Å². The Bertz CT molecular complexity index is 1000. The van der Waals surface area contributed by atoms with Crippen LogP contribution in [0.1, 0.15) is 53.7 Å². The van der Waals surface area contributed by atoms with E-state index in [0.717, 1.165) is 11.3 Å². The van der Waals surface area contributed by atoms with Gasteiger partial charge in [0.1, 0.15) is 0 Å². The number of hydrogen-bond donors (Lipinski definition) is 2. The van der Waals surface area contributed by atoms with Gasteiger partial charge in [-0.1, -0.05) is 80.0 Å². The zero-order chi connectivity index (χ0) is 21.5. The zero-order valence-corrected chi connectivity index (χ0v) is 17.8. The van der Waals surface area contributed by atoms with Crippen molar-refractivity contribution in [3.05, 3.63) is 101 Å². The first-order chi connectivity index (χ1) is 14.4. The van der Waals surface area contributed by atoms with E-state index in [1.54, 1.807) is 24.3 Å². The fraction of sp³-hybridized carbons (Fsp3) is 0.200. The molecule has 30 heavy (non-hydrogen) atoms. The number of amides is 2. The van der Waals surface area contributed by atoms with E-state index in [4.69, 9.17) is 11.6 Å². The molecule has 154 valence electrons. The summed E-state index contributed by atoms with van der Waals surface area (Å²) in [4.78, 5) is 25.5. The Balaban J connectivity index is 1.73. The first-order valence-electron chi connectivity index (χ1n) is 9.94. The number of benzene rings is 3. The first kappa shape index (κ1) is 21.6. The van der Waals surface area contributed by atoms with Gasteiger partial charge in [-0.2, -0.15) is 0 Å². The topological polar surface area (TPSA) is 58.2 Å². The summed E-state index contributed by atoms with van der Waals surface area (Å²) >= 11 is 6.16. The average Bonchev–Trinajstić information content (AvgIpc) is 2.74. The highest BCUT2D eigenvalue weighted by Crippen LogP contribution is 2.22. The summed E-state index contributed by atoms with van der Waals surface area (Å²) in [6, 6.07) is 23.6. The highest BCUT2D eigenvalue weighted by molar-refractivity contribution is 6.33. The summed E-state index contributed by atoms with van der Waals surface area (Å²) in [5, 5.41) is 6.24. The summed E-state index contributed by atoms with van der Waals surface area (Å²) in [6.45, 7) is 4.25. The van der Waals surface area contributed by atoms with Crippen molar-refractivity contribution in [3.63, 3.8) is 0 Å². The highest BCUT2D eigenvalue weighted by Gasteiger charge is 2.20. The predicted octanol–water partition coefficient (Wildman–Crippen LogP) is 5.96. The van der Waals surface area contributed by atoms with E-state index < -0.39 is 6.04 Å². The second-order valence-electron chi connectivity index (χ2n) is 7.45. The molecule has 0 saturated carbocycles.